The van der Waals surface area contributed by atoms with Gasteiger partial charge in [-0.1, -0.05) is 24.3 Å². The lowest BCUT2D eigenvalue weighted by molar-refractivity contribution is 0.0976. The third kappa shape index (κ3) is 1.44. The summed E-state index contributed by atoms with van der Waals surface area (Å²) in [4.78, 5) is 37.3. The fourth-order valence-electron chi connectivity index (χ4n) is 2.53. The lowest BCUT2D eigenvalue weighted by Gasteiger charge is -2.11. The second-order valence-corrected chi connectivity index (χ2v) is 4.69. The number of carbonyl (C=O) groups is 2. The Labute approximate surface area is 117 Å². The van der Waals surface area contributed by atoms with E-state index >= 15 is 0 Å². The van der Waals surface area contributed by atoms with Crippen LogP contribution in [0.1, 0.15) is 32.0 Å². The van der Waals surface area contributed by atoms with Crippen LogP contribution in [0.25, 0.3) is 5.69 Å². The minimum absolute atomic E-state index is 0.0184. The molecule has 21 heavy (non-hydrogen) atoms. The molecule has 0 bridgehead atoms. The molecule has 1 aromatic carbocycles. The Hall–Kier alpha value is -3.15. The van der Waals surface area contributed by atoms with Crippen molar-refractivity contribution in [1.82, 2.24) is 9.78 Å². The largest absolute Gasteiger partial charge is 0.470 e. The fourth-order valence-corrected chi connectivity index (χ4v) is 2.53. The molecule has 0 amide bonds. The average Bonchev–Trinajstić information content (AvgIpc) is 3.12. The first-order valence-electron chi connectivity index (χ1n) is 6.24. The summed E-state index contributed by atoms with van der Waals surface area (Å²) in [5.74, 6) is -0.803. The van der Waals surface area contributed by atoms with Gasteiger partial charge in [-0.25, -0.2) is 4.68 Å². The molecular weight excluding hydrogens is 272 g/mol. The molecule has 0 fully saturated rings. The van der Waals surface area contributed by atoms with Crippen LogP contribution in [-0.4, -0.2) is 21.3 Å². The van der Waals surface area contributed by atoms with E-state index in [4.69, 9.17) is 4.42 Å². The highest BCUT2D eigenvalue weighted by Crippen LogP contribution is 2.24. The molecule has 6 nitrogen and oxygen atoms in total. The second kappa shape index (κ2) is 3.92. The number of ketones is 2. The van der Waals surface area contributed by atoms with Crippen molar-refractivity contribution >= 4 is 11.6 Å². The van der Waals surface area contributed by atoms with Crippen LogP contribution in [-0.2, 0) is 0 Å². The number of aromatic amines is 1. The summed E-state index contributed by atoms with van der Waals surface area (Å²) in [6, 6.07) is 8.03. The summed E-state index contributed by atoms with van der Waals surface area (Å²) in [5, 5.41) is 2.70. The summed E-state index contributed by atoms with van der Waals surface area (Å²) in [6.07, 6.45) is 2.76. The Morgan fingerprint density at radius 3 is 2.33 bits per heavy atom. The Bertz CT molecular complexity index is 944. The maximum Gasteiger partial charge on any atom is 0.283 e. The van der Waals surface area contributed by atoms with E-state index in [-0.39, 0.29) is 22.6 Å². The molecule has 1 aliphatic rings. The van der Waals surface area contributed by atoms with Crippen LogP contribution in [0.2, 0.25) is 0 Å². The number of furan rings is 1. The average molecular weight is 280 g/mol. The van der Waals surface area contributed by atoms with Crippen molar-refractivity contribution in [3.8, 4) is 5.69 Å². The fraction of sp³-hybridized carbons (Fsp3) is 0. The number of fused-ring (bicyclic) bond motifs is 2. The Morgan fingerprint density at radius 1 is 0.952 bits per heavy atom. The van der Waals surface area contributed by atoms with E-state index in [1.54, 1.807) is 30.3 Å². The van der Waals surface area contributed by atoms with E-state index in [1.807, 2.05) is 0 Å². The predicted octanol–water partition coefficient (Wildman–Crippen LogP) is 1.53. The van der Waals surface area contributed by atoms with Crippen molar-refractivity contribution < 1.29 is 14.0 Å². The molecule has 0 radical (unpaired) electrons. The van der Waals surface area contributed by atoms with Gasteiger partial charge in [0.25, 0.3) is 5.56 Å². The molecule has 0 unspecified atom stereocenters. The molecule has 102 valence electrons. The molecule has 0 atom stereocenters. The molecule has 0 spiro atoms. The second-order valence-electron chi connectivity index (χ2n) is 4.69. The van der Waals surface area contributed by atoms with Crippen molar-refractivity contribution in [3.05, 3.63) is 75.6 Å². The maximum atomic E-state index is 12.4. The number of hydrogen-bond acceptors (Lipinski definition) is 4. The molecule has 0 saturated heterocycles. The van der Waals surface area contributed by atoms with Crippen LogP contribution < -0.4 is 5.56 Å². The Morgan fingerprint density at radius 2 is 1.67 bits per heavy atom. The first-order valence-corrected chi connectivity index (χ1v) is 6.24. The van der Waals surface area contributed by atoms with Crippen molar-refractivity contribution in [1.29, 1.82) is 0 Å². The van der Waals surface area contributed by atoms with Gasteiger partial charge in [-0.2, -0.15) is 0 Å². The zero-order valence-electron chi connectivity index (χ0n) is 10.6. The van der Waals surface area contributed by atoms with Gasteiger partial charge < -0.3 is 4.42 Å². The SMILES string of the molecule is O=C1c2ccccc2C(=O)c2c1[nH]n(-c1ccoc1)c2=O. The van der Waals surface area contributed by atoms with Gasteiger partial charge in [0.15, 0.2) is 0 Å². The lowest BCUT2D eigenvalue weighted by atomic mass is 9.88. The van der Waals surface area contributed by atoms with Crippen LogP contribution in [0.4, 0.5) is 0 Å². The molecule has 1 aliphatic carbocycles. The van der Waals surface area contributed by atoms with E-state index in [1.165, 1.54) is 12.5 Å². The van der Waals surface area contributed by atoms with Gasteiger partial charge in [-0.05, 0) is 0 Å². The summed E-state index contributed by atoms with van der Waals surface area (Å²) in [6.45, 7) is 0. The van der Waals surface area contributed by atoms with Gasteiger partial charge in [-0.15, -0.1) is 0 Å². The Kier molecular flexibility index (Phi) is 2.18. The predicted molar refractivity (Wildman–Crippen MR) is 72.0 cm³/mol. The first kappa shape index (κ1) is 11.7. The van der Waals surface area contributed by atoms with Crippen molar-refractivity contribution in [2.45, 2.75) is 0 Å². The number of aromatic nitrogens is 2. The van der Waals surface area contributed by atoms with E-state index in [9.17, 15) is 14.4 Å². The smallest absolute Gasteiger partial charge is 0.283 e. The van der Waals surface area contributed by atoms with E-state index < -0.39 is 11.3 Å². The minimum atomic E-state index is -0.556. The van der Waals surface area contributed by atoms with Crippen LogP contribution in [0.3, 0.4) is 0 Å². The van der Waals surface area contributed by atoms with E-state index in [2.05, 4.69) is 5.10 Å². The van der Waals surface area contributed by atoms with Crippen LogP contribution in [0.15, 0.2) is 52.1 Å². The zero-order valence-corrected chi connectivity index (χ0v) is 10.6. The molecule has 2 heterocycles. The van der Waals surface area contributed by atoms with Crippen LogP contribution in [0, 0.1) is 0 Å². The quantitative estimate of drug-likeness (QED) is 0.573. The number of nitrogens with zero attached hydrogens (tertiary/aromatic N) is 1. The summed E-state index contributed by atoms with van der Waals surface area (Å²) in [5.41, 5.74) is 0.323. The number of nitrogens with one attached hydrogen (secondary N) is 1. The molecule has 1 N–H and O–H groups in total. The van der Waals surface area contributed by atoms with E-state index in [0.29, 0.717) is 11.3 Å². The molecule has 0 saturated carbocycles. The van der Waals surface area contributed by atoms with Gasteiger partial charge in [0.05, 0.1) is 6.26 Å². The standard InChI is InChI=1S/C15H8N2O4/c18-13-9-3-1-2-4-10(9)14(19)12-11(13)15(20)17(16-12)8-5-6-21-7-8/h1-7,16H. The van der Waals surface area contributed by atoms with E-state index in [0.717, 1.165) is 4.68 Å². The first-order chi connectivity index (χ1) is 10.2. The normalized spacial score (nSPS) is 13.1. The van der Waals surface area contributed by atoms with Crippen molar-refractivity contribution in [2.24, 2.45) is 0 Å². The minimum Gasteiger partial charge on any atom is -0.470 e. The number of benzene rings is 1. The molecular formula is C15H8N2O4. The number of rotatable bonds is 1. The molecule has 6 heteroatoms. The number of carbonyl (C=O) groups excluding carboxylic acids is 2. The van der Waals surface area contributed by atoms with Crippen molar-refractivity contribution in [2.75, 3.05) is 0 Å². The molecule has 3 aromatic rings. The molecule has 0 aliphatic heterocycles. The van der Waals surface area contributed by atoms with Crippen molar-refractivity contribution in [3.63, 3.8) is 0 Å². The topological polar surface area (TPSA) is 85.1 Å². The highest BCUT2D eigenvalue weighted by atomic mass is 16.3. The van der Waals surface area contributed by atoms with Crippen LogP contribution in [0.5, 0.6) is 0 Å². The monoisotopic (exact) mass is 280 g/mol. The van der Waals surface area contributed by atoms with Gasteiger partial charge in [0.2, 0.25) is 11.6 Å². The highest BCUT2D eigenvalue weighted by molar-refractivity contribution is 6.27. The summed E-state index contributed by atoms with van der Waals surface area (Å²) in [7, 11) is 0. The zero-order chi connectivity index (χ0) is 14.6. The third-order valence-corrected chi connectivity index (χ3v) is 3.53. The maximum absolute atomic E-state index is 12.4. The van der Waals surface area contributed by atoms with Gasteiger partial charge >= 0.3 is 0 Å². The number of H-pyrrole nitrogens is 1. The summed E-state index contributed by atoms with van der Waals surface area (Å²) >= 11 is 0. The van der Waals surface area contributed by atoms with Gasteiger partial charge in [0, 0.05) is 17.2 Å². The van der Waals surface area contributed by atoms with Crippen LogP contribution >= 0.6 is 0 Å². The molecule has 2 aromatic heterocycles. The Balaban J connectivity index is 2.03. The molecule has 4 rings (SSSR count). The van der Waals surface area contributed by atoms with Gasteiger partial charge in [0.1, 0.15) is 23.2 Å². The third-order valence-electron chi connectivity index (χ3n) is 3.53. The summed E-state index contributed by atoms with van der Waals surface area (Å²) < 4.78 is 6.06. The number of hydrogen-bond donors (Lipinski definition) is 1. The highest BCUT2D eigenvalue weighted by Gasteiger charge is 2.34. The van der Waals surface area contributed by atoms with Gasteiger partial charge in [-0.3, -0.25) is 19.5 Å². The lowest BCUT2D eigenvalue weighted by Crippen LogP contribution is -2.25.